The number of carbonyl (C=O) groups is 1. The highest BCUT2D eigenvalue weighted by Crippen LogP contribution is 2.40. The molecular formula is C19H29F3N4O2S. The second kappa shape index (κ2) is 9.68. The standard InChI is InChI=1S/C19H29F3N4O2S/c20-19(21,22)13-5-11(6-14(27)7-13)9-24-17(28)12(8-23)10-25-18-26-15-3-1-2-4-16(15)29-18/h8,11-16,23,27H,1-7,9-10H2,(H,24,28)(H,25,26). The summed E-state index contributed by atoms with van der Waals surface area (Å²) < 4.78 is 38.9. The van der Waals surface area contributed by atoms with Crippen LogP contribution in [0.15, 0.2) is 4.99 Å². The summed E-state index contributed by atoms with van der Waals surface area (Å²) in [5.41, 5.74) is 0. The molecule has 3 aliphatic rings. The molecule has 10 heteroatoms. The van der Waals surface area contributed by atoms with Crippen molar-refractivity contribution in [2.24, 2.45) is 22.7 Å². The quantitative estimate of drug-likeness (QED) is 0.483. The van der Waals surface area contributed by atoms with E-state index in [0.717, 1.165) is 24.2 Å². The fourth-order valence-corrected chi connectivity index (χ4v) is 5.74. The summed E-state index contributed by atoms with van der Waals surface area (Å²) in [5, 5.41) is 24.7. The molecule has 0 bridgehead atoms. The lowest BCUT2D eigenvalue weighted by Gasteiger charge is -2.33. The third-order valence-corrected chi connectivity index (χ3v) is 7.39. The van der Waals surface area contributed by atoms with E-state index in [-0.39, 0.29) is 32.4 Å². The van der Waals surface area contributed by atoms with Crippen LogP contribution in [-0.2, 0) is 4.79 Å². The summed E-state index contributed by atoms with van der Waals surface area (Å²) in [4.78, 5) is 16.8. The van der Waals surface area contributed by atoms with Crippen LogP contribution in [0.5, 0.6) is 0 Å². The van der Waals surface area contributed by atoms with Crippen molar-refractivity contribution in [1.82, 2.24) is 10.6 Å². The predicted molar refractivity (Wildman–Crippen MR) is 107 cm³/mol. The summed E-state index contributed by atoms with van der Waals surface area (Å²) in [6, 6.07) is 0.430. The van der Waals surface area contributed by atoms with Crippen molar-refractivity contribution in [1.29, 1.82) is 5.41 Å². The van der Waals surface area contributed by atoms with Crippen LogP contribution in [0.3, 0.4) is 0 Å². The summed E-state index contributed by atoms with van der Waals surface area (Å²) in [7, 11) is 0. The van der Waals surface area contributed by atoms with Gasteiger partial charge in [-0.25, -0.2) is 0 Å². The number of rotatable bonds is 6. The largest absolute Gasteiger partial charge is 0.393 e. The molecule has 3 rings (SSSR count). The monoisotopic (exact) mass is 434 g/mol. The van der Waals surface area contributed by atoms with E-state index < -0.39 is 35.9 Å². The third kappa shape index (κ3) is 6.10. The number of nitrogens with zero attached hydrogens (tertiary/aromatic N) is 1. The van der Waals surface area contributed by atoms with Gasteiger partial charge in [-0.1, -0.05) is 24.6 Å². The second-order valence-electron chi connectivity index (χ2n) is 8.32. The van der Waals surface area contributed by atoms with Gasteiger partial charge in [0.1, 0.15) is 0 Å². The van der Waals surface area contributed by atoms with E-state index in [9.17, 15) is 23.1 Å². The van der Waals surface area contributed by atoms with Crippen LogP contribution in [0.2, 0.25) is 0 Å². The molecule has 1 heterocycles. The molecule has 0 aromatic rings. The number of fused-ring (bicyclic) bond motifs is 1. The number of amides is 1. The maximum absolute atomic E-state index is 13.0. The van der Waals surface area contributed by atoms with Crippen molar-refractivity contribution in [3.05, 3.63) is 0 Å². The summed E-state index contributed by atoms with van der Waals surface area (Å²) in [6.45, 7) is 0.211. The Morgan fingerprint density at radius 2 is 2.10 bits per heavy atom. The smallest absolute Gasteiger partial charge is 0.391 e. The summed E-state index contributed by atoms with van der Waals surface area (Å²) in [5.74, 6) is -3.12. The molecule has 1 saturated heterocycles. The number of carbonyl (C=O) groups excluding carboxylic acids is 1. The first-order chi connectivity index (χ1) is 13.8. The molecule has 2 aliphatic carbocycles. The lowest BCUT2D eigenvalue weighted by molar-refractivity contribution is -0.194. The maximum Gasteiger partial charge on any atom is 0.391 e. The van der Waals surface area contributed by atoms with E-state index in [2.05, 4.69) is 15.6 Å². The molecule has 3 fully saturated rings. The van der Waals surface area contributed by atoms with Crippen LogP contribution >= 0.6 is 11.8 Å². The molecule has 0 aromatic carbocycles. The number of thioether (sulfide) groups is 1. The average molecular weight is 435 g/mol. The van der Waals surface area contributed by atoms with E-state index in [1.54, 1.807) is 11.8 Å². The number of aliphatic hydroxyl groups excluding tert-OH is 1. The Kier molecular flexibility index (Phi) is 7.47. The predicted octanol–water partition coefficient (Wildman–Crippen LogP) is 2.71. The molecular weight excluding hydrogens is 405 g/mol. The van der Waals surface area contributed by atoms with Gasteiger partial charge in [-0.2, -0.15) is 13.2 Å². The molecule has 29 heavy (non-hydrogen) atoms. The van der Waals surface area contributed by atoms with Crippen molar-refractivity contribution in [2.75, 3.05) is 13.1 Å². The Labute approximate surface area is 173 Å². The molecule has 0 radical (unpaired) electrons. The number of aliphatic hydroxyl groups is 1. The van der Waals surface area contributed by atoms with Gasteiger partial charge >= 0.3 is 6.18 Å². The molecule has 6 nitrogen and oxygen atoms in total. The molecule has 6 atom stereocenters. The maximum atomic E-state index is 13.0. The Balaban J connectivity index is 1.47. The van der Waals surface area contributed by atoms with Gasteiger partial charge in [0.05, 0.1) is 24.5 Å². The van der Waals surface area contributed by atoms with Gasteiger partial charge in [0.2, 0.25) is 5.91 Å². The van der Waals surface area contributed by atoms with Gasteiger partial charge in [-0.05, 0) is 38.0 Å². The van der Waals surface area contributed by atoms with Crippen LogP contribution in [0.4, 0.5) is 13.2 Å². The minimum absolute atomic E-state index is 0.0700. The lowest BCUT2D eigenvalue weighted by atomic mass is 9.79. The zero-order chi connectivity index (χ0) is 21.0. The molecule has 1 aliphatic heterocycles. The number of amidine groups is 1. The molecule has 0 aromatic heterocycles. The number of hydrogen-bond acceptors (Lipinski definition) is 5. The minimum atomic E-state index is -4.33. The Morgan fingerprint density at radius 1 is 1.34 bits per heavy atom. The normalized spacial score (nSPS) is 34.9. The van der Waals surface area contributed by atoms with Gasteiger partial charge in [0.15, 0.2) is 5.17 Å². The molecule has 0 spiro atoms. The highest BCUT2D eigenvalue weighted by Gasteiger charge is 2.44. The van der Waals surface area contributed by atoms with Crippen LogP contribution in [0.25, 0.3) is 0 Å². The fraction of sp³-hybridized carbons (Fsp3) is 0.842. The number of hydrogen-bond donors (Lipinski definition) is 4. The van der Waals surface area contributed by atoms with Crippen molar-refractivity contribution in [3.63, 3.8) is 0 Å². The Morgan fingerprint density at radius 3 is 2.79 bits per heavy atom. The van der Waals surface area contributed by atoms with Gasteiger partial charge in [0, 0.05) is 24.1 Å². The number of alkyl halides is 3. The number of nitrogens with one attached hydrogen (secondary N) is 3. The van der Waals surface area contributed by atoms with Crippen LogP contribution < -0.4 is 10.6 Å². The molecule has 164 valence electrons. The average Bonchev–Trinajstić information content (AvgIpc) is 3.08. The summed E-state index contributed by atoms with van der Waals surface area (Å²) in [6.07, 6.45) is 0.269. The topological polar surface area (TPSA) is 97.6 Å². The minimum Gasteiger partial charge on any atom is -0.393 e. The highest BCUT2D eigenvalue weighted by atomic mass is 32.2. The zero-order valence-corrected chi connectivity index (χ0v) is 17.1. The van der Waals surface area contributed by atoms with Crippen molar-refractivity contribution in [2.45, 2.75) is 68.5 Å². The van der Waals surface area contributed by atoms with Crippen LogP contribution in [-0.4, -0.2) is 59.1 Å². The second-order valence-corrected chi connectivity index (χ2v) is 9.55. The molecule has 1 amide bonds. The van der Waals surface area contributed by atoms with E-state index in [4.69, 9.17) is 5.41 Å². The third-order valence-electron chi connectivity index (χ3n) is 6.05. The first-order valence-electron chi connectivity index (χ1n) is 10.3. The Bertz CT molecular complexity index is 615. The zero-order valence-electron chi connectivity index (χ0n) is 16.3. The van der Waals surface area contributed by atoms with Crippen molar-refractivity contribution in [3.8, 4) is 0 Å². The molecule has 2 saturated carbocycles. The van der Waals surface area contributed by atoms with Crippen molar-refractivity contribution >= 4 is 29.1 Å². The van der Waals surface area contributed by atoms with Crippen LogP contribution in [0.1, 0.15) is 44.9 Å². The fourth-order valence-electron chi connectivity index (χ4n) is 4.43. The van der Waals surface area contributed by atoms with E-state index >= 15 is 0 Å². The van der Waals surface area contributed by atoms with E-state index in [0.29, 0.717) is 11.3 Å². The number of aliphatic imine (C=N–C) groups is 1. The SMILES string of the molecule is N=CC(CN=C1NC2CCCCC2S1)C(=O)NCC1CC(O)CC(C(F)(F)F)C1. The molecule has 4 N–H and O–H groups in total. The van der Waals surface area contributed by atoms with Crippen molar-refractivity contribution < 1.29 is 23.1 Å². The first-order valence-corrected chi connectivity index (χ1v) is 11.1. The van der Waals surface area contributed by atoms with Gasteiger partial charge in [0.25, 0.3) is 0 Å². The first kappa shape index (κ1) is 22.4. The van der Waals surface area contributed by atoms with E-state index in [1.165, 1.54) is 12.8 Å². The van der Waals surface area contributed by atoms with Gasteiger partial charge < -0.3 is 21.1 Å². The number of halogens is 3. The molecule has 6 unspecified atom stereocenters. The lowest BCUT2D eigenvalue weighted by Crippen LogP contribution is -2.41. The highest BCUT2D eigenvalue weighted by molar-refractivity contribution is 8.14. The van der Waals surface area contributed by atoms with E-state index in [1.807, 2.05) is 0 Å². The van der Waals surface area contributed by atoms with Gasteiger partial charge in [-0.3, -0.25) is 9.79 Å². The Hall–Kier alpha value is -1.29. The van der Waals surface area contributed by atoms with Gasteiger partial charge in [-0.15, -0.1) is 0 Å². The summed E-state index contributed by atoms with van der Waals surface area (Å²) >= 11 is 1.70. The van der Waals surface area contributed by atoms with Crippen LogP contribution in [0, 0.1) is 23.2 Å².